The molecule has 1 atom stereocenters. The monoisotopic (exact) mass is 241 g/mol. The second kappa shape index (κ2) is 6.32. The van der Waals surface area contributed by atoms with E-state index in [0.717, 1.165) is 5.56 Å². The van der Waals surface area contributed by atoms with E-state index < -0.39 is 0 Å². The first-order chi connectivity index (χ1) is 8.19. The van der Waals surface area contributed by atoms with Crippen LogP contribution in [0.3, 0.4) is 0 Å². The summed E-state index contributed by atoms with van der Waals surface area (Å²) in [6, 6.07) is 3.30. The van der Waals surface area contributed by atoms with Gasteiger partial charge in [-0.15, -0.1) is 0 Å². The van der Waals surface area contributed by atoms with Gasteiger partial charge in [-0.25, -0.2) is 0 Å². The topological polar surface area (TPSA) is 73.9 Å². The molecule has 0 spiro atoms. The summed E-state index contributed by atoms with van der Waals surface area (Å²) in [5, 5.41) is 8.91. The fraction of sp³-hybridized carbons (Fsp3) is 0.500. The van der Waals surface area contributed by atoms with Crippen molar-refractivity contribution < 1.29 is 19.3 Å². The third-order valence-electron chi connectivity index (χ3n) is 2.57. The summed E-state index contributed by atoms with van der Waals surface area (Å²) in [5.74, 6) is 1.65. The maximum Gasteiger partial charge on any atom is 0.203 e. The van der Waals surface area contributed by atoms with Crippen molar-refractivity contribution in [3.63, 3.8) is 0 Å². The van der Waals surface area contributed by atoms with Gasteiger partial charge >= 0.3 is 0 Å². The van der Waals surface area contributed by atoms with Crippen LogP contribution in [0.5, 0.6) is 17.2 Å². The first kappa shape index (κ1) is 13.6. The van der Waals surface area contributed by atoms with Gasteiger partial charge in [0, 0.05) is 18.2 Å². The molecule has 0 fully saturated rings. The first-order valence-corrected chi connectivity index (χ1v) is 5.34. The number of benzene rings is 1. The summed E-state index contributed by atoms with van der Waals surface area (Å²) >= 11 is 0. The standard InChI is InChI=1S/C12H19NO4/c1-15-10-5-4-8(9(13)6-7-14)11(16-2)12(10)17-3/h4-5,9,14H,6-7,13H2,1-3H3. The molecule has 1 rings (SSSR count). The molecule has 0 aliphatic heterocycles. The number of rotatable bonds is 6. The Balaban J connectivity index is 3.22. The Morgan fingerprint density at radius 1 is 1.12 bits per heavy atom. The molecule has 96 valence electrons. The molecular formula is C12H19NO4. The van der Waals surface area contributed by atoms with E-state index in [1.807, 2.05) is 6.07 Å². The number of aliphatic hydroxyl groups is 1. The highest BCUT2D eigenvalue weighted by atomic mass is 16.5. The molecular weight excluding hydrogens is 222 g/mol. The Hall–Kier alpha value is -1.46. The van der Waals surface area contributed by atoms with Crippen LogP contribution in [0.4, 0.5) is 0 Å². The van der Waals surface area contributed by atoms with Crippen molar-refractivity contribution in [1.82, 2.24) is 0 Å². The summed E-state index contributed by atoms with van der Waals surface area (Å²) in [6.07, 6.45) is 0.464. The summed E-state index contributed by atoms with van der Waals surface area (Å²) in [4.78, 5) is 0. The lowest BCUT2D eigenvalue weighted by molar-refractivity contribution is 0.273. The number of ether oxygens (including phenoxy) is 3. The van der Waals surface area contributed by atoms with E-state index in [2.05, 4.69) is 0 Å². The molecule has 0 aromatic heterocycles. The zero-order valence-electron chi connectivity index (χ0n) is 10.4. The van der Waals surface area contributed by atoms with Crippen LogP contribution in [0.2, 0.25) is 0 Å². The SMILES string of the molecule is COc1ccc(C(N)CCO)c(OC)c1OC. The summed E-state index contributed by atoms with van der Waals surface area (Å²) in [5.41, 5.74) is 6.75. The number of aliphatic hydroxyl groups excluding tert-OH is 1. The Kier molecular flexibility index (Phi) is 5.06. The van der Waals surface area contributed by atoms with E-state index in [1.165, 1.54) is 0 Å². The van der Waals surface area contributed by atoms with Crippen LogP contribution < -0.4 is 19.9 Å². The number of hydrogen-bond acceptors (Lipinski definition) is 5. The van der Waals surface area contributed by atoms with Crippen molar-refractivity contribution in [1.29, 1.82) is 0 Å². The third-order valence-corrected chi connectivity index (χ3v) is 2.57. The van der Waals surface area contributed by atoms with Crippen LogP contribution >= 0.6 is 0 Å². The average molecular weight is 241 g/mol. The molecule has 1 aromatic rings. The molecule has 0 bridgehead atoms. The van der Waals surface area contributed by atoms with Crippen molar-refractivity contribution in [3.8, 4) is 17.2 Å². The number of methoxy groups -OCH3 is 3. The largest absolute Gasteiger partial charge is 0.493 e. The lowest BCUT2D eigenvalue weighted by Gasteiger charge is -2.19. The van der Waals surface area contributed by atoms with Gasteiger partial charge in [0.1, 0.15) is 0 Å². The zero-order chi connectivity index (χ0) is 12.8. The fourth-order valence-electron chi connectivity index (χ4n) is 1.71. The van der Waals surface area contributed by atoms with Crippen molar-refractivity contribution in [3.05, 3.63) is 17.7 Å². The Bertz CT molecular complexity index is 368. The average Bonchev–Trinajstić information content (AvgIpc) is 2.36. The van der Waals surface area contributed by atoms with Crippen LogP contribution in [-0.2, 0) is 0 Å². The summed E-state index contributed by atoms with van der Waals surface area (Å²) in [6.45, 7) is 0.0265. The summed E-state index contributed by atoms with van der Waals surface area (Å²) in [7, 11) is 4.65. The van der Waals surface area contributed by atoms with Gasteiger partial charge in [0.2, 0.25) is 5.75 Å². The molecule has 1 aromatic carbocycles. The maximum absolute atomic E-state index is 8.91. The second-order valence-corrected chi connectivity index (χ2v) is 3.54. The molecule has 3 N–H and O–H groups in total. The quantitative estimate of drug-likeness (QED) is 0.780. The summed E-state index contributed by atoms with van der Waals surface area (Å²) < 4.78 is 15.7. The minimum Gasteiger partial charge on any atom is -0.493 e. The van der Waals surface area contributed by atoms with Crippen LogP contribution in [0.1, 0.15) is 18.0 Å². The molecule has 0 saturated heterocycles. The highest BCUT2D eigenvalue weighted by Crippen LogP contribution is 2.41. The maximum atomic E-state index is 8.91. The van der Waals surface area contributed by atoms with E-state index in [-0.39, 0.29) is 12.6 Å². The van der Waals surface area contributed by atoms with Gasteiger partial charge in [-0.05, 0) is 18.6 Å². The van der Waals surface area contributed by atoms with E-state index in [9.17, 15) is 0 Å². The molecule has 0 saturated carbocycles. The predicted molar refractivity (Wildman–Crippen MR) is 64.7 cm³/mol. The highest BCUT2D eigenvalue weighted by Gasteiger charge is 2.19. The minimum absolute atomic E-state index is 0.0265. The molecule has 0 aliphatic rings. The van der Waals surface area contributed by atoms with Crippen LogP contribution in [0.15, 0.2) is 12.1 Å². The predicted octanol–water partition coefficient (Wildman–Crippen LogP) is 1.09. The Morgan fingerprint density at radius 2 is 1.76 bits per heavy atom. The van der Waals surface area contributed by atoms with E-state index >= 15 is 0 Å². The molecule has 17 heavy (non-hydrogen) atoms. The van der Waals surface area contributed by atoms with Gasteiger partial charge in [0.05, 0.1) is 21.3 Å². The van der Waals surface area contributed by atoms with Crippen LogP contribution in [-0.4, -0.2) is 33.0 Å². The molecule has 0 amide bonds. The van der Waals surface area contributed by atoms with Crippen LogP contribution in [0.25, 0.3) is 0 Å². The van der Waals surface area contributed by atoms with Gasteiger partial charge in [0.25, 0.3) is 0 Å². The number of nitrogens with two attached hydrogens (primary N) is 1. The van der Waals surface area contributed by atoms with E-state index in [1.54, 1.807) is 27.4 Å². The molecule has 1 unspecified atom stereocenters. The highest BCUT2D eigenvalue weighted by molar-refractivity contribution is 5.56. The van der Waals surface area contributed by atoms with Crippen molar-refractivity contribution in [2.75, 3.05) is 27.9 Å². The Morgan fingerprint density at radius 3 is 2.24 bits per heavy atom. The van der Waals surface area contributed by atoms with Gasteiger partial charge in [-0.2, -0.15) is 0 Å². The minimum atomic E-state index is -0.297. The first-order valence-electron chi connectivity index (χ1n) is 5.34. The van der Waals surface area contributed by atoms with Crippen molar-refractivity contribution in [2.45, 2.75) is 12.5 Å². The third kappa shape index (κ3) is 2.81. The molecule has 0 heterocycles. The molecule has 5 heteroatoms. The second-order valence-electron chi connectivity index (χ2n) is 3.54. The van der Waals surface area contributed by atoms with Crippen molar-refractivity contribution >= 4 is 0 Å². The van der Waals surface area contributed by atoms with Gasteiger partial charge in [-0.3, -0.25) is 0 Å². The van der Waals surface area contributed by atoms with Crippen molar-refractivity contribution in [2.24, 2.45) is 5.73 Å². The zero-order valence-corrected chi connectivity index (χ0v) is 10.4. The van der Waals surface area contributed by atoms with Gasteiger partial charge in [0.15, 0.2) is 11.5 Å². The van der Waals surface area contributed by atoms with Gasteiger partial charge < -0.3 is 25.1 Å². The van der Waals surface area contributed by atoms with E-state index in [0.29, 0.717) is 23.7 Å². The smallest absolute Gasteiger partial charge is 0.203 e. The number of hydrogen-bond donors (Lipinski definition) is 2. The van der Waals surface area contributed by atoms with Crippen LogP contribution in [0, 0.1) is 0 Å². The fourth-order valence-corrected chi connectivity index (χ4v) is 1.71. The normalized spacial score (nSPS) is 12.1. The molecule has 5 nitrogen and oxygen atoms in total. The van der Waals surface area contributed by atoms with E-state index in [4.69, 9.17) is 25.1 Å². The molecule has 0 aliphatic carbocycles. The molecule has 0 radical (unpaired) electrons. The Labute approximate surface area is 101 Å². The lowest BCUT2D eigenvalue weighted by atomic mass is 10.0. The lowest BCUT2D eigenvalue weighted by Crippen LogP contribution is -2.13. The van der Waals surface area contributed by atoms with Gasteiger partial charge in [-0.1, -0.05) is 0 Å².